The standard InChI is InChI=1S/C5H9O3P/c1-2-5(6)3-4-9(7)8/h2-4H2,1H3/p+1. The lowest BCUT2D eigenvalue weighted by atomic mass is 10.2. The van der Waals surface area contributed by atoms with Gasteiger partial charge in [-0.3, -0.25) is 4.79 Å². The minimum atomic E-state index is -2.11. The topological polar surface area (TPSA) is 54.4 Å². The molecule has 0 heterocycles. The van der Waals surface area contributed by atoms with Gasteiger partial charge in [-0.25, -0.2) is 0 Å². The first-order valence-electron chi connectivity index (χ1n) is 2.82. The molecule has 1 N–H and O–H groups in total. The quantitative estimate of drug-likeness (QED) is 0.608. The molecule has 0 aliphatic carbocycles. The Balaban J connectivity index is 3.28. The lowest BCUT2D eigenvalue weighted by Gasteiger charge is -1.84. The summed E-state index contributed by atoms with van der Waals surface area (Å²) < 4.78 is 10.0. The van der Waals surface area contributed by atoms with E-state index in [1.54, 1.807) is 6.92 Å². The highest BCUT2D eigenvalue weighted by Crippen LogP contribution is 2.13. The van der Waals surface area contributed by atoms with Crippen LogP contribution in [0.5, 0.6) is 0 Å². The molecule has 1 unspecified atom stereocenters. The minimum Gasteiger partial charge on any atom is -0.300 e. The van der Waals surface area contributed by atoms with Gasteiger partial charge in [-0.15, -0.1) is 0 Å². The Labute approximate surface area is 54.9 Å². The number of ketones is 1. The van der Waals surface area contributed by atoms with Gasteiger partial charge in [0.05, 0.1) is 6.42 Å². The number of hydrogen-bond donors (Lipinski definition) is 1. The minimum absolute atomic E-state index is 0.0485. The van der Waals surface area contributed by atoms with E-state index in [9.17, 15) is 9.36 Å². The van der Waals surface area contributed by atoms with Crippen LogP contribution in [-0.2, 0) is 9.36 Å². The summed E-state index contributed by atoms with van der Waals surface area (Å²) in [6.45, 7) is 1.74. The predicted octanol–water partition coefficient (Wildman–Crippen LogP) is 1.09. The molecule has 0 rings (SSSR count). The number of rotatable bonds is 4. The average molecular weight is 149 g/mol. The second-order valence-corrected chi connectivity index (χ2v) is 2.87. The zero-order chi connectivity index (χ0) is 7.28. The Morgan fingerprint density at radius 3 is 2.56 bits per heavy atom. The van der Waals surface area contributed by atoms with E-state index in [-0.39, 0.29) is 18.4 Å². The van der Waals surface area contributed by atoms with Crippen molar-refractivity contribution < 1.29 is 14.3 Å². The van der Waals surface area contributed by atoms with Gasteiger partial charge in [0.1, 0.15) is 5.78 Å². The molecule has 4 heteroatoms. The van der Waals surface area contributed by atoms with Crippen molar-refractivity contribution in [2.45, 2.75) is 19.8 Å². The van der Waals surface area contributed by atoms with Crippen molar-refractivity contribution in [2.24, 2.45) is 0 Å². The first-order valence-corrected chi connectivity index (χ1v) is 4.21. The molecule has 0 aromatic rings. The van der Waals surface area contributed by atoms with Crippen molar-refractivity contribution in [2.75, 3.05) is 6.16 Å². The van der Waals surface area contributed by atoms with Gasteiger partial charge in [0.25, 0.3) is 0 Å². The molecule has 0 aromatic heterocycles. The zero-order valence-corrected chi connectivity index (χ0v) is 6.23. The summed E-state index contributed by atoms with van der Waals surface area (Å²) in [7, 11) is -2.11. The lowest BCUT2D eigenvalue weighted by molar-refractivity contribution is -0.118. The molecule has 0 radical (unpaired) electrons. The van der Waals surface area contributed by atoms with Crippen LogP contribution in [0.3, 0.4) is 0 Å². The van der Waals surface area contributed by atoms with E-state index in [0.717, 1.165) is 0 Å². The summed E-state index contributed by atoms with van der Waals surface area (Å²) in [4.78, 5) is 18.7. The summed E-state index contributed by atoms with van der Waals surface area (Å²) in [6, 6.07) is 0. The second-order valence-electron chi connectivity index (χ2n) is 1.72. The van der Waals surface area contributed by atoms with Crippen molar-refractivity contribution in [3.63, 3.8) is 0 Å². The van der Waals surface area contributed by atoms with Crippen molar-refractivity contribution in [1.29, 1.82) is 0 Å². The first kappa shape index (κ1) is 8.73. The fraction of sp³-hybridized carbons (Fsp3) is 0.800. The molecule has 0 aliphatic heterocycles. The molecule has 0 aromatic carbocycles. The number of carbonyl (C=O) groups is 1. The van der Waals surface area contributed by atoms with Crippen molar-refractivity contribution in [3.05, 3.63) is 0 Å². The smallest absolute Gasteiger partial charge is 0.300 e. The third kappa shape index (κ3) is 5.60. The number of hydrogen-bond acceptors (Lipinski definition) is 2. The molecule has 1 atom stereocenters. The highest BCUT2D eigenvalue weighted by Gasteiger charge is 2.11. The Hall–Kier alpha value is -0.270. The van der Waals surface area contributed by atoms with Gasteiger partial charge in [0, 0.05) is 6.42 Å². The lowest BCUT2D eigenvalue weighted by Crippen LogP contribution is -1.95. The van der Waals surface area contributed by atoms with E-state index in [0.29, 0.717) is 6.42 Å². The zero-order valence-electron chi connectivity index (χ0n) is 5.33. The highest BCUT2D eigenvalue weighted by molar-refractivity contribution is 7.38. The van der Waals surface area contributed by atoms with Crippen LogP contribution >= 0.6 is 8.03 Å². The molecule has 0 fully saturated rings. The van der Waals surface area contributed by atoms with Crippen LogP contribution in [0.25, 0.3) is 0 Å². The SMILES string of the molecule is CCC(=O)CC[P+](=O)O. The van der Waals surface area contributed by atoms with Gasteiger partial charge in [0.2, 0.25) is 0 Å². The van der Waals surface area contributed by atoms with Gasteiger partial charge < -0.3 is 0 Å². The molecule has 0 amide bonds. The first-order chi connectivity index (χ1) is 4.16. The van der Waals surface area contributed by atoms with Crippen LogP contribution in [0, 0.1) is 0 Å². The van der Waals surface area contributed by atoms with Crippen LogP contribution in [0.4, 0.5) is 0 Å². The van der Waals surface area contributed by atoms with Crippen LogP contribution < -0.4 is 0 Å². The predicted molar refractivity (Wildman–Crippen MR) is 34.6 cm³/mol. The molecule has 9 heavy (non-hydrogen) atoms. The van der Waals surface area contributed by atoms with Gasteiger partial charge in [-0.05, 0) is 4.57 Å². The van der Waals surface area contributed by atoms with Gasteiger partial charge in [-0.2, -0.15) is 4.89 Å². The van der Waals surface area contributed by atoms with E-state index in [2.05, 4.69) is 0 Å². The van der Waals surface area contributed by atoms with Crippen LogP contribution in [0.2, 0.25) is 0 Å². The maximum Gasteiger partial charge on any atom is 0.505 e. The average Bonchev–Trinajstić information content (AvgIpc) is 1.83. The summed E-state index contributed by atoms with van der Waals surface area (Å²) in [5, 5.41) is 0. The third-order valence-electron chi connectivity index (χ3n) is 0.976. The van der Waals surface area contributed by atoms with Crippen LogP contribution in [0.15, 0.2) is 0 Å². The molecular formula is C5H10O3P+. The maximum atomic E-state index is 10.5. The molecule has 0 saturated heterocycles. The monoisotopic (exact) mass is 149 g/mol. The molecular weight excluding hydrogens is 139 g/mol. The summed E-state index contributed by atoms with van der Waals surface area (Å²) >= 11 is 0. The molecule has 52 valence electrons. The van der Waals surface area contributed by atoms with E-state index in [4.69, 9.17) is 4.89 Å². The fourth-order valence-corrected chi connectivity index (χ4v) is 0.838. The Morgan fingerprint density at radius 2 is 2.22 bits per heavy atom. The van der Waals surface area contributed by atoms with Crippen LogP contribution in [-0.4, -0.2) is 16.8 Å². The Bertz CT molecular complexity index is 121. The summed E-state index contributed by atoms with van der Waals surface area (Å²) in [5.41, 5.74) is 0. The number of Topliss-reactive ketones (excluding diaryl/α,β-unsaturated/α-hetero) is 1. The van der Waals surface area contributed by atoms with Crippen LogP contribution in [0.1, 0.15) is 19.8 Å². The second kappa shape index (κ2) is 4.59. The molecule has 0 bridgehead atoms. The largest absolute Gasteiger partial charge is 0.505 e. The molecule has 0 aliphatic rings. The maximum absolute atomic E-state index is 10.5. The summed E-state index contributed by atoms with van der Waals surface area (Å²) in [5.74, 6) is 0.0485. The Kier molecular flexibility index (Phi) is 4.46. The van der Waals surface area contributed by atoms with E-state index >= 15 is 0 Å². The van der Waals surface area contributed by atoms with Crippen molar-refractivity contribution in [1.82, 2.24) is 0 Å². The van der Waals surface area contributed by atoms with Crippen molar-refractivity contribution in [3.8, 4) is 0 Å². The van der Waals surface area contributed by atoms with E-state index in [1.165, 1.54) is 0 Å². The molecule has 0 spiro atoms. The third-order valence-corrected chi connectivity index (χ3v) is 1.58. The highest BCUT2D eigenvalue weighted by atomic mass is 31.1. The Morgan fingerprint density at radius 1 is 1.67 bits per heavy atom. The van der Waals surface area contributed by atoms with E-state index < -0.39 is 8.03 Å². The van der Waals surface area contributed by atoms with Gasteiger partial charge >= 0.3 is 8.03 Å². The number of carbonyl (C=O) groups excluding carboxylic acids is 1. The van der Waals surface area contributed by atoms with E-state index in [1.807, 2.05) is 0 Å². The van der Waals surface area contributed by atoms with Gasteiger partial charge in [0.15, 0.2) is 6.16 Å². The van der Waals surface area contributed by atoms with Crippen molar-refractivity contribution >= 4 is 13.8 Å². The molecule has 0 saturated carbocycles. The normalized spacial score (nSPS) is 11.1. The summed E-state index contributed by atoms with van der Waals surface area (Å²) in [6.07, 6.45) is 0.813. The molecule has 3 nitrogen and oxygen atoms in total. The van der Waals surface area contributed by atoms with Gasteiger partial charge in [-0.1, -0.05) is 6.92 Å². The fourth-order valence-electron chi connectivity index (χ4n) is 0.397.